The Kier molecular flexibility index (Phi) is 3.83. The zero-order valence-corrected chi connectivity index (χ0v) is 16.0. The van der Waals surface area contributed by atoms with E-state index < -0.39 is 0 Å². The third-order valence-corrected chi connectivity index (χ3v) is 7.64. The van der Waals surface area contributed by atoms with Gasteiger partial charge in [0.05, 0.1) is 43.4 Å². The van der Waals surface area contributed by atoms with E-state index in [9.17, 15) is 0 Å². The van der Waals surface area contributed by atoms with Crippen LogP contribution in [0.4, 0.5) is 0 Å². The van der Waals surface area contributed by atoms with Crippen LogP contribution in [0.25, 0.3) is 11.0 Å². The van der Waals surface area contributed by atoms with Crippen molar-refractivity contribution in [2.45, 2.75) is 31.0 Å². The lowest BCUT2D eigenvalue weighted by atomic mass is 9.89. The van der Waals surface area contributed by atoms with Crippen molar-refractivity contribution in [1.82, 2.24) is 9.55 Å². The highest BCUT2D eigenvalue weighted by molar-refractivity contribution is 5.76. The summed E-state index contributed by atoms with van der Waals surface area (Å²) in [5.41, 5.74) is 2.68. The van der Waals surface area contributed by atoms with Crippen LogP contribution >= 0.6 is 0 Å². The molecular formula is C21H30N4O2+2. The number of ether oxygens (including phenoxy) is 2. The molecule has 1 saturated carbocycles. The molecule has 144 valence electrons. The molecule has 6 rings (SSSR count). The SMILES string of the molecule is c1ccc2c(c1)nc1n2[C@]2([NH+]3CCOCC3)CCC[C@H]2[C@@H]1[NH+]1CCOCC1. The van der Waals surface area contributed by atoms with Gasteiger partial charge in [0.1, 0.15) is 26.2 Å². The lowest BCUT2D eigenvalue weighted by molar-refractivity contribution is -0.992. The first-order valence-electron chi connectivity index (χ1n) is 10.7. The van der Waals surface area contributed by atoms with Gasteiger partial charge in [0.2, 0.25) is 0 Å². The highest BCUT2D eigenvalue weighted by atomic mass is 16.5. The summed E-state index contributed by atoms with van der Waals surface area (Å²) < 4.78 is 14.1. The van der Waals surface area contributed by atoms with Crippen LogP contribution in [0.15, 0.2) is 24.3 Å². The highest BCUT2D eigenvalue weighted by Gasteiger charge is 2.65. The third kappa shape index (κ3) is 2.24. The molecule has 4 heterocycles. The average Bonchev–Trinajstić information content (AvgIpc) is 3.38. The van der Waals surface area contributed by atoms with E-state index in [0.717, 1.165) is 52.6 Å². The number of hydrogen-bond acceptors (Lipinski definition) is 3. The molecule has 1 aromatic heterocycles. The van der Waals surface area contributed by atoms with Crippen LogP contribution < -0.4 is 9.80 Å². The molecule has 1 aliphatic carbocycles. The Labute approximate surface area is 160 Å². The lowest BCUT2D eigenvalue weighted by Crippen LogP contribution is -3.22. The number of para-hydroxylation sites is 2. The van der Waals surface area contributed by atoms with Crippen LogP contribution in [0.1, 0.15) is 31.1 Å². The second-order valence-electron chi connectivity index (χ2n) is 8.68. The Hall–Kier alpha value is -1.47. The van der Waals surface area contributed by atoms with Crippen molar-refractivity contribution in [3.63, 3.8) is 0 Å². The molecule has 2 aromatic rings. The van der Waals surface area contributed by atoms with Crippen LogP contribution in [0.2, 0.25) is 0 Å². The summed E-state index contributed by atoms with van der Waals surface area (Å²) in [6, 6.07) is 9.30. The molecule has 3 fully saturated rings. The van der Waals surface area contributed by atoms with Gasteiger partial charge in [-0.25, -0.2) is 4.98 Å². The lowest BCUT2D eigenvalue weighted by Gasteiger charge is -2.42. The van der Waals surface area contributed by atoms with Gasteiger partial charge in [-0.05, 0) is 25.0 Å². The number of hydrogen-bond donors (Lipinski definition) is 2. The molecule has 6 heteroatoms. The molecule has 0 radical (unpaired) electrons. The molecule has 4 aliphatic rings. The third-order valence-electron chi connectivity index (χ3n) is 7.64. The van der Waals surface area contributed by atoms with Crippen LogP contribution in [0.5, 0.6) is 0 Å². The molecule has 0 bridgehead atoms. The first-order chi connectivity index (χ1) is 13.4. The number of nitrogens with zero attached hydrogens (tertiary/aromatic N) is 2. The van der Waals surface area contributed by atoms with Gasteiger partial charge in [0.15, 0.2) is 17.5 Å². The molecular weight excluding hydrogens is 340 g/mol. The minimum atomic E-state index is 0.172. The van der Waals surface area contributed by atoms with Crippen LogP contribution in [-0.4, -0.2) is 62.2 Å². The Morgan fingerprint density at radius 3 is 2.56 bits per heavy atom. The van der Waals surface area contributed by atoms with E-state index >= 15 is 0 Å². The van der Waals surface area contributed by atoms with E-state index in [2.05, 4.69) is 28.8 Å². The Morgan fingerprint density at radius 1 is 1.00 bits per heavy atom. The smallest absolute Gasteiger partial charge is 0.187 e. The van der Waals surface area contributed by atoms with Crippen LogP contribution in [0, 0.1) is 5.92 Å². The molecule has 3 atom stereocenters. The van der Waals surface area contributed by atoms with Crippen molar-refractivity contribution in [1.29, 1.82) is 0 Å². The largest absolute Gasteiger partial charge is 0.370 e. The molecule has 0 spiro atoms. The summed E-state index contributed by atoms with van der Waals surface area (Å²) in [6.07, 6.45) is 3.94. The Morgan fingerprint density at radius 2 is 1.74 bits per heavy atom. The fourth-order valence-electron chi connectivity index (χ4n) is 6.65. The Bertz CT molecular complexity index is 840. The van der Waals surface area contributed by atoms with Crippen LogP contribution in [-0.2, 0) is 15.1 Å². The second kappa shape index (κ2) is 6.27. The number of morpholine rings is 2. The summed E-state index contributed by atoms with van der Waals surface area (Å²) in [4.78, 5) is 8.65. The number of imidazole rings is 1. The summed E-state index contributed by atoms with van der Waals surface area (Å²) in [7, 11) is 0. The second-order valence-corrected chi connectivity index (χ2v) is 8.68. The molecule has 0 amide bonds. The van der Waals surface area contributed by atoms with E-state index in [4.69, 9.17) is 14.5 Å². The number of benzene rings is 1. The highest BCUT2D eigenvalue weighted by Crippen LogP contribution is 2.51. The maximum atomic E-state index is 5.74. The maximum absolute atomic E-state index is 5.74. The predicted octanol–water partition coefficient (Wildman–Crippen LogP) is -0.626. The fraction of sp³-hybridized carbons (Fsp3) is 0.667. The topological polar surface area (TPSA) is 45.2 Å². The number of nitrogens with one attached hydrogen (secondary N) is 2. The minimum absolute atomic E-state index is 0.172. The normalized spacial score (nSPS) is 34.8. The van der Waals surface area contributed by atoms with Crippen molar-refractivity contribution in [3.05, 3.63) is 30.1 Å². The van der Waals surface area contributed by atoms with E-state index in [0.29, 0.717) is 12.0 Å². The van der Waals surface area contributed by atoms with E-state index in [-0.39, 0.29) is 5.66 Å². The van der Waals surface area contributed by atoms with Gasteiger partial charge in [-0.3, -0.25) is 4.57 Å². The summed E-state index contributed by atoms with van der Waals surface area (Å²) in [6.45, 7) is 8.01. The molecule has 0 unspecified atom stereocenters. The van der Waals surface area contributed by atoms with Crippen molar-refractivity contribution in [3.8, 4) is 0 Å². The monoisotopic (exact) mass is 370 g/mol. The molecule has 2 saturated heterocycles. The molecule has 1 aromatic carbocycles. The zero-order valence-electron chi connectivity index (χ0n) is 16.0. The van der Waals surface area contributed by atoms with Crippen molar-refractivity contribution >= 4 is 11.0 Å². The first kappa shape index (κ1) is 16.5. The van der Waals surface area contributed by atoms with Crippen molar-refractivity contribution in [2.24, 2.45) is 5.92 Å². The number of rotatable bonds is 2. The van der Waals surface area contributed by atoms with Gasteiger partial charge < -0.3 is 19.3 Å². The summed E-state index contributed by atoms with van der Waals surface area (Å²) in [5, 5.41) is 0. The predicted molar refractivity (Wildman–Crippen MR) is 101 cm³/mol. The number of quaternary nitrogens is 2. The average molecular weight is 370 g/mol. The maximum Gasteiger partial charge on any atom is 0.187 e. The summed E-state index contributed by atoms with van der Waals surface area (Å²) in [5.74, 6) is 2.03. The summed E-state index contributed by atoms with van der Waals surface area (Å²) >= 11 is 0. The van der Waals surface area contributed by atoms with Crippen molar-refractivity contribution < 1.29 is 19.3 Å². The van der Waals surface area contributed by atoms with Crippen molar-refractivity contribution in [2.75, 3.05) is 52.6 Å². The van der Waals surface area contributed by atoms with Gasteiger partial charge in [0.25, 0.3) is 0 Å². The van der Waals surface area contributed by atoms with Gasteiger partial charge in [-0.1, -0.05) is 12.1 Å². The van der Waals surface area contributed by atoms with E-state index in [1.54, 1.807) is 9.80 Å². The Balaban J connectivity index is 1.55. The quantitative estimate of drug-likeness (QED) is 0.740. The van der Waals surface area contributed by atoms with E-state index in [1.807, 2.05) is 0 Å². The van der Waals surface area contributed by atoms with E-state index in [1.165, 1.54) is 36.1 Å². The first-order valence-corrected chi connectivity index (χ1v) is 10.7. The molecule has 2 N–H and O–H groups in total. The zero-order chi connectivity index (χ0) is 17.8. The number of aromatic nitrogens is 2. The standard InChI is InChI=1S/C21H28N4O2/c1-2-6-18-17(5-1)22-20-19(23-8-12-26-13-9-23)16-4-3-7-21(16,25(18)20)24-10-14-27-15-11-24/h1-2,5-6,16,19H,3-4,7-15H2/p+2/t16-,19-,21+/m0/s1. The minimum Gasteiger partial charge on any atom is -0.370 e. The van der Waals surface area contributed by atoms with Gasteiger partial charge in [0, 0.05) is 6.42 Å². The van der Waals surface area contributed by atoms with Gasteiger partial charge >= 0.3 is 0 Å². The molecule has 27 heavy (non-hydrogen) atoms. The van der Waals surface area contributed by atoms with Gasteiger partial charge in [-0.2, -0.15) is 0 Å². The molecule has 6 nitrogen and oxygen atoms in total. The number of fused-ring (bicyclic) bond motifs is 5. The fourth-order valence-corrected chi connectivity index (χ4v) is 6.65. The van der Waals surface area contributed by atoms with Gasteiger partial charge in [-0.15, -0.1) is 0 Å². The molecule has 3 aliphatic heterocycles. The van der Waals surface area contributed by atoms with Crippen LogP contribution in [0.3, 0.4) is 0 Å².